The third kappa shape index (κ3) is 8.27. The van der Waals surface area contributed by atoms with E-state index < -0.39 is 0 Å². The normalized spacial score (nSPS) is 36.3. The molecule has 42 heavy (non-hydrogen) atoms. The third-order valence-corrected chi connectivity index (χ3v) is 13.0. The van der Waals surface area contributed by atoms with Gasteiger partial charge in [0, 0.05) is 7.05 Å². The molecule has 0 aliphatic heterocycles. The van der Waals surface area contributed by atoms with Gasteiger partial charge in [-0.1, -0.05) is 74.1 Å². The number of hydrogen-bond acceptors (Lipinski definition) is 1. The van der Waals surface area contributed by atoms with Crippen molar-refractivity contribution in [1.29, 1.82) is 0 Å². The van der Waals surface area contributed by atoms with Crippen molar-refractivity contribution in [2.45, 2.75) is 155 Å². The zero-order valence-corrected chi connectivity index (χ0v) is 28.1. The molecule has 0 aromatic carbocycles. The number of unbranched alkanes of at least 4 members (excludes halogenated alkanes) is 1. The molecule has 3 saturated carbocycles. The zero-order valence-electron chi connectivity index (χ0n) is 28.1. The predicted octanol–water partition coefficient (Wildman–Crippen LogP) is 12.1. The minimum Gasteiger partial charge on any atom is -0.394 e. The van der Waals surface area contributed by atoms with Crippen molar-refractivity contribution in [3.8, 4) is 0 Å². The van der Waals surface area contributed by atoms with Gasteiger partial charge in [0.2, 0.25) is 0 Å². The summed E-state index contributed by atoms with van der Waals surface area (Å²) in [7, 11) is 2.04. The van der Waals surface area contributed by atoms with Crippen LogP contribution in [-0.2, 0) is 0 Å². The molecule has 3 fully saturated rings. The van der Waals surface area contributed by atoms with E-state index in [0.29, 0.717) is 0 Å². The summed E-state index contributed by atoms with van der Waals surface area (Å²) < 4.78 is 0. The molecule has 1 heteroatoms. The van der Waals surface area contributed by atoms with E-state index in [1.54, 1.807) is 5.57 Å². The van der Waals surface area contributed by atoms with Gasteiger partial charge < -0.3 is 5.32 Å². The largest absolute Gasteiger partial charge is 0.394 e. The van der Waals surface area contributed by atoms with E-state index >= 15 is 0 Å². The zero-order chi connectivity index (χ0) is 29.1. The summed E-state index contributed by atoms with van der Waals surface area (Å²) in [6, 6.07) is 0. The molecule has 0 aromatic heterocycles. The predicted molar refractivity (Wildman–Crippen MR) is 183 cm³/mol. The van der Waals surface area contributed by atoms with Gasteiger partial charge >= 0.3 is 0 Å². The van der Waals surface area contributed by atoms with Gasteiger partial charge in [0.25, 0.3) is 0 Å². The summed E-state index contributed by atoms with van der Waals surface area (Å²) in [6.45, 7) is 4.71. The molecule has 0 radical (unpaired) electrons. The molecule has 1 N–H and O–H groups in total. The highest BCUT2D eigenvalue weighted by molar-refractivity contribution is 5.16. The van der Waals surface area contributed by atoms with Gasteiger partial charge in [0.1, 0.15) is 0 Å². The van der Waals surface area contributed by atoms with Gasteiger partial charge in [0.15, 0.2) is 0 Å². The maximum Gasteiger partial charge on any atom is 0.00276 e. The monoisotopic (exact) mass is 574 g/mol. The Labute approximate surface area is 261 Å². The number of allylic oxidation sites excluding steroid dienone is 7. The van der Waals surface area contributed by atoms with E-state index in [9.17, 15) is 0 Å². The second-order valence-corrected chi connectivity index (χ2v) is 15.3. The molecule has 5 rings (SSSR count). The van der Waals surface area contributed by atoms with Crippen LogP contribution in [0.25, 0.3) is 0 Å². The topological polar surface area (TPSA) is 12.0 Å². The molecule has 1 nitrogen and oxygen atoms in total. The van der Waals surface area contributed by atoms with Crippen LogP contribution in [-0.4, -0.2) is 7.05 Å². The van der Waals surface area contributed by atoms with Gasteiger partial charge in [0.05, 0.1) is 0 Å². The highest BCUT2D eigenvalue weighted by atomic mass is 14.8. The van der Waals surface area contributed by atoms with Crippen molar-refractivity contribution in [3.63, 3.8) is 0 Å². The summed E-state index contributed by atoms with van der Waals surface area (Å²) in [5.74, 6) is 7.72. The Bertz CT molecular complexity index is 927. The minimum absolute atomic E-state index is 0.897. The van der Waals surface area contributed by atoms with Crippen LogP contribution >= 0.6 is 0 Å². The molecular weight excluding hydrogens is 506 g/mol. The lowest BCUT2D eigenvalue weighted by atomic mass is 9.55. The minimum atomic E-state index is 0.897. The standard InChI is InChI=1S/C41H67N/c1-4-13-36(17-10-9-14-31(5-2)30-42-3)38-28-29-39(41-19-12-11-18-40(38)41)37-26-24-35(25-27-37)34-22-20-33(21-23-34)32-15-7-6-8-16-32/h7,15,17,24,30,32-34,37-42H,4-6,8-14,16,18-23,25-29H2,1-3H3/b31-30+,36-17+. The van der Waals surface area contributed by atoms with E-state index in [4.69, 9.17) is 0 Å². The Morgan fingerprint density at radius 1 is 0.833 bits per heavy atom. The summed E-state index contributed by atoms with van der Waals surface area (Å²) in [6.07, 6.45) is 44.1. The summed E-state index contributed by atoms with van der Waals surface area (Å²) in [4.78, 5) is 0. The first-order valence-corrected chi connectivity index (χ1v) is 19.1. The van der Waals surface area contributed by atoms with Crippen LogP contribution in [0, 0.1) is 47.3 Å². The molecule has 6 atom stereocenters. The lowest BCUT2D eigenvalue weighted by Crippen LogP contribution is -2.41. The smallest absolute Gasteiger partial charge is 0.00276 e. The average Bonchev–Trinajstić information content (AvgIpc) is 3.06. The maximum absolute atomic E-state index is 3.25. The van der Waals surface area contributed by atoms with Crippen LogP contribution in [0.3, 0.4) is 0 Å². The molecule has 6 unspecified atom stereocenters. The van der Waals surface area contributed by atoms with Gasteiger partial charge in [-0.3, -0.25) is 0 Å². The second kappa shape index (κ2) is 16.7. The van der Waals surface area contributed by atoms with Crippen LogP contribution in [0.1, 0.15) is 155 Å². The SMILES string of the molecule is CCC/C(=C\CCC/C(=C/NC)CC)C1CCC(C2CC=C(C3CCC(C4C=CCCC4)CC3)CC2)C2CCCCC12. The molecule has 0 bridgehead atoms. The van der Waals surface area contributed by atoms with E-state index in [2.05, 4.69) is 49.7 Å². The van der Waals surface area contributed by atoms with Crippen molar-refractivity contribution >= 4 is 0 Å². The third-order valence-electron chi connectivity index (χ3n) is 13.0. The molecule has 0 amide bonds. The van der Waals surface area contributed by atoms with Gasteiger partial charge in [-0.15, -0.1) is 0 Å². The molecule has 0 saturated heterocycles. The van der Waals surface area contributed by atoms with Crippen LogP contribution in [0.2, 0.25) is 0 Å². The van der Waals surface area contributed by atoms with Gasteiger partial charge in [-0.25, -0.2) is 0 Å². The van der Waals surface area contributed by atoms with E-state index in [0.717, 1.165) is 47.3 Å². The van der Waals surface area contributed by atoms with Crippen molar-refractivity contribution in [1.82, 2.24) is 5.32 Å². The fraction of sp³-hybridized carbons (Fsp3) is 0.805. The highest BCUT2D eigenvalue weighted by Gasteiger charge is 2.44. The van der Waals surface area contributed by atoms with Crippen LogP contribution in [0.15, 0.2) is 47.2 Å². The van der Waals surface area contributed by atoms with Crippen molar-refractivity contribution in [3.05, 3.63) is 47.2 Å². The number of hydrogen-bond donors (Lipinski definition) is 1. The Morgan fingerprint density at radius 2 is 1.67 bits per heavy atom. The fourth-order valence-corrected chi connectivity index (χ4v) is 10.7. The first-order valence-electron chi connectivity index (χ1n) is 19.1. The number of nitrogens with one attached hydrogen (secondary N) is 1. The van der Waals surface area contributed by atoms with Crippen molar-refractivity contribution in [2.24, 2.45) is 47.3 Å². The maximum atomic E-state index is 3.25. The van der Waals surface area contributed by atoms with Crippen molar-refractivity contribution in [2.75, 3.05) is 7.05 Å². The Morgan fingerprint density at radius 3 is 2.36 bits per heavy atom. The average molecular weight is 574 g/mol. The van der Waals surface area contributed by atoms with Crippen LogP contribution < -0.4 is 5.32 Å². The summed E-state index contributed by atoms with van der Waals surface area (Å²) >= 11 is 0. The van der Waals surface area contributed by atoms with E-state index in [1.807, 2.05) is 18.2 Å². The van der Waals surface area contributed by atoms with Crippen LogP contribution in [0.4, 0.5) is 0 Å². The number of rotatable bonds is 12. The summed E-state index contributed by atoms with van der Waals surface area (Å²) in [5.41, 5.74) is 5.33. The Hall–Kier alpha value is -1.24. The molecule has 0 heterocycles. The summed E-state index contributed by atoms with van der Waals surface area (Å²) in [5, 5.41) is 3.25. The fourth-order valence-electron chi connectivity index (χ4n) is 10.7. The Balaban J connectivity index is 1.15. The second-order valence-electron chi connectivity index (χ2n) is 15.3. The first kappa shape index (κ1) is 32.2. The number of fused-ring (bicyclic) bond motifs is 1. The molecule has 5 aliphatic rings. The lowest BCUT2D eigenvalue weighted by Gasteiger charge is -2.50. The first-order chi connectivity index (χ1) is 20.7. The Kier molecular flexibility index (Phi) is 12.8. The molecule has 0 spiro atoms. The van der Waals surface area contributed by atoms with Crippen LogP contribution in [0.5, 0.6) is 0 Å². The van der Waals surface area contributed by atoms with E-state index in [1.165, 1.54) is 141 Å². The highest BCUT2D eigenvalue weighted by Crippen LogP contribution is 2.54. The van der Waals surface area contributed by atoms with E-state index in [-0.39, 0.29) is 0 Å². The molecule has 0 aromatic rings. The molecular formula is C41H67N. The molecule has 5 aliphatic carbocycles. The van der Waals surface area contributed by atoms with Crippen molar-refractivity contribution < 1.29 is 0 Å². The quantitative estimate of drug-likeness (QED) is 0.181. The molecule has 236 valence electrons. The lowest BCUT2D eigenvalue weighted by molar-refractivity contribution is 0.0284. The van der Waals surface area contributed by atoms with Gasteiger partial charge in [-0.05, 0) is 176 Å². The van der Waals surface area contributed by atoms with Gasteiger partial charge in [-0.2, -0.15) is 0 Å².